The van der Waals surface area contributed by atoms with Gasteiger partial charge in [-0.15, -0.1) is 10.2 Å². The molecule has 0 saturated heterocycles. The lowest BCUT2D eigenvalue weighted by atomic mass is 10.2. The lowest BCUT2D eigenvalue weighted by Crippen LogP contribution is -1.96. The Bertz CT molecular complexity index is 790. The fourth-order valence-electron chi connectivity index (χ4n) is 1.75. The minimum Gasteiger partial charge on any atom is -0.482 e. The summed E-state index contributed by atoms with van der Waals surface area (Å²) in [7, 11) is 0. The summed E-state index contributed by atoms with van der Waals surface area (Å²) in [6.45, 7) is 0.130. The minimum atomic E-state index is 0.130. The molecular formula is C15H9BrCl2N2O2. The molecule has 7 heteroatoms. The van der Waals surface area contributed by atoms with Crippen molar-refractivity contribution in [1.29, 1.82) is 0 Å². The maximum Gasteiger partial charge on any atom is 0.254 e. The fraction of sp³-hybridized carbons (Fsp3) is 0.0667. The molecule has 1 heterocycles. The van der Waals surface area contributed by atoms with Gasteiger partial charge in [-0.05, 0) is 42.5 Å². The first-order valence-corrected chi connectivity index (χ1v) is 7.83. The lowest BCUT2D eigenvalue weighted by Gasteiger charge is -2.05. The molecule has 112 valence electrons. The van der Waals surface area contributed by atoms with Gasteiger partial charge in [-0.3, -0.25) is 0 Å². The van der Waals surface area contributed by atoms with E-state index in [1.165, 1.54) is 0 Å². The summed E-state index contributed by atoms with van der Waals surface area (Å²) in [6.07, 6.45) is 0. The Labute approximate surface area is 145 Å². The van der Waals surface area contributed by atoms with Gasteiger partial charge in [-0.25, -0.2) is 0 Å². The standard InChI is InChI=1S/C15H9BrCl2N2O2/c16-10-3-1-9(2-4-10)15-20-19-14(22-15)8-21-13-6-5-11(17)7-12(13)18/h1-7H,8H2. The zero-order valence-electron chi connectivity index (χ0n) is 11.1. The third kappa shape index (κ3) is 3.61. The molecule has 0 saturated carbocycles. The molecule has 0 N–H and O–H groups in total. The van der Waals surface area contributed by atoms with Crippen LogP contribution in [0.3, 0.4) is 0 Å². The molecule has 1 aromatic heterocycles. The van der Waals surface area contributed by atoms with Crippen LogP contribution < -0.4 is 4.74 Å². The van der Waals surface area contributed by atoms with E-state index in [1.54, 1.807) is 18.2 Å². The van der Waals surface area contributed by atoms with Crippen LogP contribution in [0.4, 0.5) is 0 Å². The van der Waals surface area contributed by atoms with Gasteiger partial charge in [0, 0.05) is 15.1 Å². The molecule has 4 nitrogen and oxygen atoms in total. The van der Waals surface area contributed by atoms with Crippen LogP contribution in [0.2, 0.25) is 10.0 Å². The van der Waals surface area contributed by atoms with E-state index in [-0.39, 0.29) is 6.61 Å². The smallest absolute Gasteiger partial charge is 0.254 e. The van der Waals surface area contributed by atoms with Gasteiger partial charge < -0.3 is 9.15 Å². The molecule has 2 aromatic carbocycles. The molecule has 22 heavy (non-hydrogen) atoms. The first-order valence-electron chi connectivity index (χ1n) is 6.28. The van der Waals surface area contributed by atoms with Gasteiger partial charge in [0.25, 0.3) is 5.89 Å². The Morgan fingerprint density at radius 1 is 1.05 bits per heavy atom. The van der Waals surface area contributed by atoms with E-state index in [0.717, 1.165) is 10.0 Å². The average Bonchev–Trinajstić information content (AvgIpc) is 2.96. The molecule has 0 spiro atoms. The minimum absolute atomic E-state index is 0.130. The highest BCUT2D eigenvalue weighted by Gasteiger charge is 2.10. The number of aromatic nitrogens is 2. The van der Waals surface area contributed by atoms with Gasteiger partial charge in [0.1, 0.15) is 5.75 Å². The predicted molar refractivity (Wildman–Crippen MR) is 88.2 cm³/mol. The summed E-state index contributed by atoms with van der Waals surface area (Å²) in [6, 6.07) is 12.6. The van der Waals surface area contributed by atoms with Crippen molar-refractivity contribution in [2.45, 2.75) is 6.61 Å². The molecule has 0 aliphatic carbocycles. The topological polar surface area (TPSA) is 48.2 Å². The largest absolute Gasteiger partial charge is 0.482 e. The predicted octanol–water partition coefficient (Wildman–Crippen LogP) is 5.38. The SMILES string of the molecule is Clc1ccc(OCc2nnc(-c3ccc(Br)cc3)o2)c(Cl)c1. The second-order valence-corrected chi connectivity index (χ2v) is 6.13. The van der Waals surface area contributed by atoms with Crippen molar-refractivity contribution in [1.82, 2.24) is 10.2 Å². The van der Waals surface area contributed by atoms with Crippen LogP contribution in [0.25, 0.3) is 11.5 Å². The third-order valence-electron chi connectivity index (χ3n) is 2.80. The zero-order chi connectivity index (χ0) is 15.5. The summed E-state index contributed by atoms with van der Waals surface area (Å²) in [5.74, 6) is 1.31. The maximum atomic E-state index is 6.03. The Morgan fingerprint density at radius 3 is 2.55 bits per heavy atom. The van der Waals surface area contributed by atoms with Crippen molar-refractivity contribution >= 4 is 39.1 Å². The number of halogens is 3. The quantitative estimate of drug-likeness (QED) is 0.590. The molecule has 0 bridgehead atoms. The average molecular weight is 400 g/mol. The molecule has 0 aliphatic heterocycles. The highest BCUT2D eigenvalue weighted by Crippen LogP contribution is 2.28. The van der Waals surface area contributed by atoms with E-state index in [4.69, 9.17) is 32.4 Å². The fourth-order valence-corrected chi connectivity index (χ4v) is 2.48. The van der Waals surface area contributed by atoms with Crippen molar-refractivity contribution in [3.63, 3.8) is 0 Å². The van der Waals surface area contributed by atoms with Crippen LogP contribution in [-0.4, -0.2) is 10.2 Å². The van der Waals surface area contributed by atoms with Crippen molar-refractivity contribution in [3.8, 4) is 17.2 Å². The molecule has 0 radical (unpaired) electrons. The maximum absolute atomic E-state index is 6.03. The number of hydrogen-bond donors (Lipinski definition) is 0. The van der Waals surface area contributed by atoms with Crippen LogP contribution in [0, 0.1) is 0 Å². The number of rotatable bonds is 4. The van der Waals surface area contributed by atoms with Crippen molar-refractivity contribution in [2.24, 2.45) is 0 Å². The normalized spacial score (nSPS) is 10.7. The van der Waals surface area contributed by atoms with Crippen LogP contribution in [-0.2, 0) is 6.61 Å². The highest BCUT2D eigenvalue weighted by molar-refractivity contribution is 9.10. The zero-order valence-corrected chi connectivity index (χ0v) is 14.2. The van der Waals surface area contributed by atoms with E-state index >= 15 is 0 Å². The molecule has 0 aliphatic rings. The van der Waals surface area contributed by atoms with Gasteiger partial charge in [0.05, 0.1) is 5.02 Å². The third-order valence-corrected chi connectivity index (χ3v) is 3.86. The molecule has 0 atom stereocenters. The van der Waals surface area contributed by atoms with E-state index in [2.05, 4.69) is 26.1 Å². The molecular weight excluding hydrogens is 391 g/mol. The molecule has 0 unspecified atom stereocenters. The van der Waals surface area contributed by atoms with Crippen molar-refractivity contribution < 1.29 is 9.15 Å². The van der Waals surface area contributed by atoms with Crippen molar-refractivity contribution in [2.75, 3.05) is 0 Å². The molecule has 0 fully saturated rings. The highest BCUT2D eigenvalue weighted by atomic mass is 79.9. The summed E-state index contributed by atoms with van der Waals surface area (Å²) < 4.78 is 12.1. The van der Waals surface area contributed by atoms with Crippen LogP contribution in [0.15, 0.2) is 51.4 Å². The Hall–Kier alpha value is -1.56. The van der Waals surface area contributed by atoms with E-state index in [9.17, 15) is 0 Å². The second-order valence-electron chi connectivity index (χ2n) is 4.37. The van der Waals surface area contributed by atoms with Gasteiger partial charge in [-0.2, -0.15) is 0 Å². The number of nitrogens with zero attached hydrogens (tertiary/aromatic N) is 2. The van der Waals surface area contributed by atoms with Gasteiger partial charge in [0.2, 0.25) is 5.89 Å². The van der Waals surface area contributed by atoms with Gasteiger partial charge >= 0.3 is 0 Å². The van der Waals surface area contributed by atoms with Gasteiger partial charge in [-0.1, -0.05) is 39.1 Å². The van der Waals surface area contributed by atoms with Gasteiger partial charge in [0.15, 0.2) is 6.61 Å². The number of benzene rings is 2. The second kappa shape index (κ2) is 6.69. The first kappa shape index (κ1) is 15.3. The first-order chi connectivity index (χ1) is 10.6. The molecule has 3 aromatic rings. The monoisotopic (exact) mass is 398 g/mol. The Balaban J connectivity index is 1.70. The Morgan fingerprint density at radius 2 is 1.82 bits per heavy atom. The van der Waals surface area contributed by atoms with Crippen LogP contribution >= 0.6 is 39.1 Å². The Kier molecular flexibility index (Phi) is 4.66. The summed E-state index contributed by atoms with van der Waals surface area (Å²) in [5.41, 5.74) is 0.839. The summed E-state index contributed by atoms with van der Waals surface area (Å²) in [4.78, 5) is 0. The van der Waals surface area contributed by atoms with Crippen molar-refractivity contribution in [3.05, 3.63) is 62.9 Å². The van der Waals surface area contributed by atoms with Crippen LogP contribution in [0.5, 0.6) is 5.75 Å². The summed E-state index contributed by atoms with van der Waals surface area (Å²) in [5, 5.41) is 8.93. The van der Waals surface area contributed by atoms with E-state index in [1.807, 2.05) is 24.3 Å². The summed E-state index contributed by atoms with van der Waals surface area (Å²) >= 11 is 15.2. The lowest BCUT2D eigenvalue weighted by molar-refractivity contribution is 0.264. The van der Waals surface area contributed by atoms with E-state index in [0.29, 0.717) is 27.6 Å². The molecule has 3 rings (SSSR count). The number of hydrogen-bond acceptors (Lipinski definition) is 4. The van der Waals surface area contributed by atoms with E-state index < -0.39 is 0 Å². The number of ether oxygens (including phenoxy) is 1. The molecule has 0 amide bonds. The van der Waals surface area contributed by atoms with Crippen LogP contribution in [0.1, 0.15) is 5.89 Å².